The monoisotopic (exact) mass is 944 g/mol. The fraction of sp³-hybridized carbons (Fsp3) is 0.902. The van der Waals surface area contributed by atoms with Crippen molar-refractivity contribution in [1.82, 2.24) is 5.32 Å². The van der Waals surface area contributed by atoms with Gasteiger partial charge in [0, 0.05) is 12.8 Å². The zero-order chi connectivity index (χ0) is 48.6. The van der Waals surface area contributed by atoms with Gasteiger partial charge >= 0.3 is 5.97 Å². The molecule has 0 saturated heterocycles. The van der Waals surface area contributed by atoms with E-state index >= 15 is 0 Å². The molecule has 0 aliphatic carbocycles. The second-order valence-electron chi connectivity index (χ2n) is 20.7. The van der Waals surface area contributed by atoms with E-state index in [0.717, 1.165) is 57.8 Å². The summed E-state index contributed by atoms with van der Waals surface area (Å²) in [6, 6.07) is -0.640. The fourth-order valence-electron chi connectivity index (χ4n) is 9.34. The summed E-state index contributed by atoms with van der Waals surface area (Å²) < 4.78 is 5.48. The van der Waals surface area contributed by atoms with Crippen LogP contribution in [-0.4, -0.2) is 47.4 Å². The van der Waals surface area contributed by atoms with Crippen LogP contribution in [0, 0.1) is 0 Å². The number of unbranched alkanes of at least 4 members (excludes halogenated alkanes) is 43. The van der Waals surface area contributed by atoms with Gasteiger partial charge in [-0.3, -0.25) is 9.59 Å². The van der Waals surface area contributed by atoms with E-state index in [0.29, 0.717) is 19.4 Å². The predicted molar refractivity (Wildman–Crippen MR) is 292 cm³/mol. The number of nitrogens with one attached hydrogen (secondary N) is 1. The Bertz CT molecular complexity index is 1040. The highest BCUT2D eigenvalue weighted by Crippen LogP contribution is 2.17. The molecule has 0 aromatic heterocycles. The molecule has 0 aliphatic heterocycles. The maximum Gasteiger partial charge on any atom is 0.305 e. The Hall–Kier alpha value is -1.66. The molecule has 0 fully saturated rings. The minimum atomic E-state index is -0.856. The van der Waals surface area contributed by atoms with Crippen molar-refractivity contribution in [2.45, 2.75) is 341 Å². The summed E-state index contributed by atoms with van der Waals surface area (Å²) in [6.45, 7) is 4.89. The van der Waals surface area contributed by atoms with Crippen LogP contribution in [0.15, 0.2) is 24.3 Å². The summed E-state index contributed by atoms with van der Waals surface area (Å²) >= 11 is 0. The second-order valence-corrected chi connectivity index (χ2v) is 20.7. The van der Waals surface area contributed by atoms with E-state index in [2.05, 4.69) is 31.3 Å². The number of allylic oxidation sites excluding steroid dienone is 3. The van der Waals surface area contributed by atoms with Gasteiger partial charge in [0.1, 0.15) is 0 Å². The maximum atomic E-state index is 12.5. The zero-order valence-electron chi connectivity index (χ0n) is 45.1. The topological polar surface area (TPSA) is 95.9 Å². The number of hydrogen-bond acceptors (Lipinski definition) is 5. The van der Waals surface area contributed by atoms with Gasteiger partial charge in [0.2, 0.25) is 5.91 Å². The van der Waals surface area contributed by atoms with Crippen LogP contribution < -0.4 is 5.32 Å². The number of carbonyl (C=O) groups excluding carboxylic acids is 2. The highest BCUT2D eigenvalue weighted by atomic mass is 16.5. The zero-order valence-corrected chi connectivity index (χ0v) is 45.1. The largest absolute Gasteiger partial charge is 0.466 e. The van der Waals surface area contributed by atoms with Gasteiger partial charge in [-0.25, -0.2) is 0 Å². The van der Waals surface area contributed by atoms with Crippen molar-refractivity contribution in [3.8, 4) is 0 Å². The molecule has 0 bridgehead atoms. The Morgan fingerprint density at radius 1 is 0.403 bits per heavy atom. The van der Waals surface area contributed by atoms with E-state index < -0.39 is 12.1 Å². The standard InChI is InChI=1S/C61H117NO5/c1-3-5-7-9-11-13-15-17-19-21-22-23-24-26-27-29-33-37-41-45-49-53-59(64)58(57-63)62-60(65)54-50-46-42-38-34-31-32-36-40-44-48-52-56-67-61(66)55-51-47-43-39-35-30-28-25-20-18-16-14-12-10-8-6-4-2/h18,20,49,53,58-59,63-64H,3-17,19,21-48,50-52,54-57H2,1-2H3,(H,62,65)/b20-18-,53-49+. The van der Waals surface area contributed by atoms with Gasteiger partial charge in [-0.15, -0.1) is 0 Å². The molecule has 0 saturated carbocycles. The lowest BCUT2D eigenvalue weighted by atomic mass is 10.0. The highest BCUT2D eigenvalue weighted by Gasteiger charge is 2.18. The van der Waals surface area contributed by atoms with Crippen LogP contribution in [-0.2, 0) is 14.3 Å². The third-order valence-electron chi connectivity index (χ3n) is 14.0. The van der Waals surface area contributed by atoms with Crippen molar-refractivity contribution in [1.29, 1.82) is 0 Å². The quantitative estimate of drug-likeness (QED) is 0.0321. The summed E-state index contributed by atoms with van der Waals surface area (Å²) in [7, 11) is 0. The van der Waals surface area contributed by atoms with Crippen molar-refractivity contribution >= 4 is 11.9 Å². The van der Waals surface area contributed by atoms with Crippen molar-refractivity contribution in [2.24, 2.45) is 0 Å². The van der Waals surface area contributed by atoms with E-state index in [1.165, 1.54) is 244 Å². The molecule has 0 radical (unpaired) electrons. The lowest BCUT2D eigenvalue weighted by Crippen LogP contribution is -2.45. The van der Waals surface area contributed by atoms with Gasteiger partial charge in [0.15, 0.2) is 0 Å². The molecule has 67 heavy (non-hydrogen) atoms. The van der Waals surface area contributed by atoms with Crippen molar-refractivity contribution in [3.05, 3.63) is 24.3 Å². The molecule has 2 atom stereocenters. The van der Waals surface area contributed by atoms with Gasteiger partial charge in [-0.1, -0.05) is 282 Å². The molecule has 0 heterocycles. The summed E-state index contributed by atoms with van der Waals surface area (Å²) in [5, 5.41) is 23.2. The van der Waals surface area contributed by atoms with Crippen LogP contribution in [0.25, 0.3) is 0 Å². The van der Waals surface area contributed by atoms with Crippen molar-refractivity contribution in [3.63, 3.8) is 0 Å². The van der Waals surface area contributed by atoms with Crippen LogP contribution in [0.4, 0.5) is 0 Å². The van der Waals surface area contributed by atoms with Crippen molar-refractivity contribution in [2.75, 3.05) is 13.2 Å². The smallest absolute Gasteiger partial charge is 0.305 e. The molecule has 0 aromatic carbocycles. The molecule has 1 amide bonds. The first-order valence-electron chi connectivity index (χ1n) is 30.1. The molecule has 3 N–H and O–H groups in total. The molecule has 0 spiro atoms. The van der Waals surface area contributed by atoms with E-state index in [-0.39, 0.29) is 18.5 Å². The molecule has 0 aromatic rings. The number of esters is 1. The minimum Gasteiger partial charge on any atom is -0.466 e. The van der Waals surface area contributed by atoms with Gasteiger partial charge in [0.05, 0.1) is 25.4 Å². The SMILES string of the molecule is CCCCCCCC/C=C\CCCCCCCCCC(=O)OCCCCCCCCCCCCCCC(=O)NC(CO)C(O)/C=C/CCCCCCCCCCCCCCCCCCCCC. The highest BCUT2D eigenvalue weighted by molar-refractivity contribution is 5.76. The molecular weight excluding hydrogens is 827 g/mol. The average molecular weight is 945 g/mol. The third-order valence-corrected chi connectivity index (χ3v) is 14.0. The van der Waals surface area contributed by atoms with Crippen LogP contribution in [0.3, 0.4) is 0 Å². The van der Waals surface area contributed by atoms with E-state index in [1.807, 2.05) is 6.08 Å². The number of ether oxygens (including phenoxy) is 1. The fourth-order valence-corrected chi connectivity index (χ4v) is 9.34. The van der Waals surface area contributed by atoms with Gasteiger partial charge in [-0.2, -0.15) is 0 Å². The molecule has 6 heteroatoms. The number of carbonyl (C=O) groups is 2. The number of amides is 1. The van der Waals surface area contributed by atoms with Gasteiger partial charge in [-0.05, 0) is 57.8 Å². The molecular formula is C61H117NO5. The van der Waals surface area contributed by atoms with E-state index in [1.54, 1.807) is 6.08 Å². The van der Waals surface area contributed by atoms with Gasteiger partial charge in [0.25, 0.3) is 0 Å². The Kier molecular flexibility index (Phi) is 55.5. The first-order chi connectivity index (χ1) is 33.0. The number of rotatable bonds is 56. The molecule has 2 unspecified atom stereocenters. The van der Waals surface area contributed by atoms with Gasteiger partial charge < -0.3 is 20.3 Å². The summed E-state index contributed by atoms with van der Waals surface area (Å²) in [5.74, 6) is -0.0942. The Balaban J connectivity index is 3.48. The lowest BCUT2D eigenvalue weighted by Gasteiger charge is -2.20. The van der Waals surface area contributed by atoms with Crippen LogP contribution in [0.5, 0.6) is 0 Å². The normalized spacial score (nSPS) is 12.7. The summed E-state index contributed by atoms with van der Waals surface area (Å²) in [5.41, 5.74) is 0. The Labute approximate surface area is 418 Å². The lowest BCUT2D eigenvalue weighted by molar-refractivity contribution is -0.143. The molecule has 396 valence electrons. The number of aliphatic hydroxyl groups excluding tert-OH is 2. The van der Waals surface area contributed by atoms with E-state index in [4.69, 9.17) is 4.74 Å². The maximum absolute atomic E-state index is 12.5. The summed E-state index contributed by atoms with van der Waals surface area (Å²) in [6.07, 6.45) is 69.1. The molecule has 6 nitrogen and oxygen atoms in total. The number of aliphatic hydroxyl groups is 2. The summed E-state index contributed by atoms with van der Waals surface area (Å²) in [4.78, 5) is 24.6. The van der Waals surface area contributed by atoms with Crippen LogP contribution in [0.2, 0.25) is 0 Å². The minimum absolute atomic E-state index is 0.0134. The average Bonchev–Trinajstić information content (AvgIpc) is 3.33. The third kappa shape index (κ3) is 53.5. The Morgan fingerprint density at radius 3 is 1.06 bits per heavy atom. The molecule has 0 rings (SSSR count). The van der Waals surface area contributed by atoms with Crippen LogP contribution >= 0.6 is 0 Å². The first kappa shape index (κ1) is 65.3. The second kappa shape index (κ2) is 56.9. The Morgan fingerprint density at radius 2 is 0.701 bits per heavy atom. The molecule has 0 aliphatic rings. The first-order valence-corrected chi connectivity index (χ1v) is 30.1. The number of hydrogen-bond donors (Lipinski definition) is 3. The predicted octanol–water partition coefficient (Wildman–Crippen LogP) is 18.6. The van der Waals surface area contributed by atoms with Crippen molar-refractivity contribution < 1.29 is 24.5 Å². The van der Waals surface area contributed by atoms with Crippen LogP contribution in [0.1, 0.15) is 328 Å². The van der Waals surface area contributed by atoms with E-state index in [9.17, 15) is 19.8 Å².